The van der Waals surface area contributed by atoms with Crippen LogP contribution in [0.15, 0.2) is 0 Å². The van der Waals surface area contributed by atoms with Gasteiger partial charge in [0.15, 0.2) is 0 Å². The number of nitrogens with zero attached hydrogens (tertiary/aromatic N) is 1. The molecule has 0 amide bonds. The van der Waals surface area contributed by atoms with Crippen LogP contribution in [-0.2, 0) is 4.74 Å². The highest BCUT2D eigenvalue weighted by molar-refractivity contribution is 4.63. The molecule has 104 valence electrons. The van der Waals surface area contributed by atoms with Crippen molar-refractivity contribution in [2.45, 2.75) is 59.6 Å². The molecule has 3 heteroatoms. The molecule has 0 aliphatic heterocycles. The predicted molar refractivity (Wildman–Crippen MR) is 75.6 cm³/mol. The summed E-state index contributed by atoms with van der Waals surface area (Å²) in [6.45, 7) is 16.3. The number of ether oxygens (including phenoxy) is 1. The van der Waals surface area contributed by atoms with Crippen LogP contribution < -0.4 is 5.32 Å². The first-order valence-corrected chi connectivity index (χ1v) is 7.14. The fourth-order valence-corrected chi connectivity index (χ4v) is 1.78. The Hall–Kier alpha value is -0.120. The van der Waals surface area contributed by atoms with Gasteiger partial charge in [-0.1, -0.05) is 6.92 Å². The first-order valence-electron chi connectivity index (χ1n) is 7.14. The molecule has 0 saturated carbocycles. The molecule has 0 atom stereocenters. The zero-order chi connectivity index (χ0) is 13.1. The third-order valence-corrected chi connectivity index (χ3v) is 2.77. The molecule has 0 aliphatic carbocycles. The summed E-state index contributed by atoms with van der Waals surface area (Å²) < 4.78 is 5.50. The molecule has 17 heavy (non-hydrogen) atoms. The maximum absolute atomic E-state index is 5.50. The zero-order valence-corrected chi connectivity index (χ0v) is 12.5. The van der Waals surface area contributed by atoms with Gasteiger partial charge in [0.05, 0.1) is 6.10 Å². The van der Waals surface area contributed by atoms with Crippen molar-refractivity contribution in [3.63, 3.8) is 0 Å². The van der Waals surface area contributed by atoms with E-state index in [2.05, 4.69) is 44.8 Å². The van der Waals surface area contributed by atoms with Gasteiger partial charge >= 0.3 is 0 Å². The summed E-state index contributed by atoms with van der Waals surface area (Å²) in [4.78, 5) is 2.53. The monoisotopic (exact) mass is 244 g/mol. The molecule has 1 N–H and O–H groups in total. The standard InChI is InChI=1S/C14H32N2O/c1-6-10-16(13(2)3)11-9-15-8-7-12-17-14(4)5/h13-15H,6-12H2,1-5H3. The van der Waals surface area contributed by atoms with Crippen molar-refractivity contribution in [2.75, 3.05) is 32.8 Å². The van der Waals surface area contributed by atoms with E-state index in [-0.39, 0.29) is 0 Å². The highest BCUT2D eigenvalue weighted by atomic mass is 16.5. The Kier molecular flexibility index (Phi) is 10.9. The minimum absolute atomic E-state index is 0.357. The van der Waals surface area contributed by atoms with Crippen LogP contribution in [0.25, 0.3) is 0 Å². The van der Waals surface area contributed by atoms with Gasteiger partial charge in [0.2, 0.25) is 0 Å². The largest absolute Gasteiger partial charge is 0.379 e. The number of hydrogen-bond donors (Lipinski definition) is 1. The van der Waals surface area contributed by atoms with Crippen molar-refractivity contribution in [1.29, 1.82) is 0 Å². The molecule has 0 rings (SSSR count). The molecule has 0 aromatic heterocycles. The van der Waals surface area contributed by atoms with E-state index in [1.54, 1.807) is 0 Å². The molecule has 0 saturated heterocycles. The minimum Gasteiger partial charge on any atom is -0.379 e. The van der Waals surface area contributed by atoms with Gasteiger partial charge in [0.1, 0.15) is 0 Å². The molecule has 0 radical (unpaired) electrons. The molecule has 0 spiro atoms. The van der Waals surface area contributed by atoms with Gasteiger partial charge in [-0.15, -0.1) is 0 Å². The lowest BCUT2D eigenvalue weighted by Gasteiger charge is -2.25. The molecule has 0 heterocycles. The Balaban J connectivity index is 3.36. The van der Waals surface area contributed by atoms with Gasteiger partial charge in [-0.25, -0.2) is 0 Å². The second-order valence-corrected chi connectivity index (χ2v) is 5.15. The first-order chi connectivity index (χ1) is 8.07. The molecule has 3 nitrogen and oxygen atoms in total. The maximum Gasteiger partial charge on any atom is 0.0518 e. The van der Waals surface area contributed by atoms with Crippen LogP contribution in [0.4, 0.5) is 0 Å². The van der Waals surface area contributed by atoms with Crippen molar-refractivity contribution in [3.8, 4) is 0 Å². The van der Waals surface area contributed by atoms with E-state index in [1.807, 2.05) is 0 Å². The lowest BCUT2D eigenvalue weighted by Crippen LogP contribution is -2.37. The highest BCUT2D eigenvalue weighted by Gasteiger charge is 2.06. The van der Waals surface area contributed by atoms with E-state index in [1.165, 1.54) is 13.0 Å². The zero-order valence-electron chi connectivity index (χ0n) is 12.5. The molecule has 0 aromatic rings. The topological polar surface area (TPSA) is 24.5 Å². The Bertz CT molecular complexity index is 160. The average molecular weight is 244 g/mol. The van der Waals surface area contributed by atoms with Gasteiger partial charge in [-0.05, 0) is 53.6 Å². The van der Waals surface area contributed by atoms with E-state index in [0.29, 0.717) is 12.1 Å². The van der Waals surface area contributed by atoms with Crippen LogP contribution >= 0.6 is 0 Å². The highest BCUT2D eigenvalue weighted by Crippen LogP contribution is 1.98. The second-order valence-electron chi connectivity index (χ2n) is 5.15. The normalized spacial score (nSPS) is 12.0. The van der Waals surface area contributed by atoms with E-state index in [0.717, 1.165) is 32.7 Å². The van der Waals surface area contributed by atoms with Crippen molar-refractivity contribution in [1.82, 2.24) is 10.2 Å². The lowest BCUT2D eigenvalue weighted by atomic mass is 10.3. The van der Waals surface area contributed by atoms with E-state index in [4.69, 9.17) is 4.74 Å². The van der Waals surface area contributed by atoms with Gasteiger partial charge in [-0.3, -0.25) is 4.90 Å². The quantitative estimate of drug-likeness (QED) is 0.565. The number of rotatable bonds is 11. The third-order valence-electron chi connectivity index (χ3n) is 2.77. The molecule has 0 bridgehead atoms. The van der Waals surface area contributed by atoms with Gasteiger partial charge in [0.25, 0.3) is 0 Å². The summed E-state index contributed by atoms with van der Waals surface area (Å²) in [6.07, 6.45) is 2.70. The van der Waals surface area contributed by atoms with Crippen molar-refractivity contribution in [3.05, 3.63) is 0 Å². The Morgan fingerprint density at radius 2 is 1.76 bits per heavy atom. The van der Waals surface area contributed by atoms with E-state index < -0.39 is 0 Å². The SMILES string of the molecule is CCCN(CCNCCCOC(C)C)C(C)C. The maximum atomic E-state index is 5.50. The summed E-state index contributed by atoms with van der Waals surface area (Å²) in [7, 11) is 0. The predicted octanol–water partition coefficient (Wildman–Crippen LogP) is 2.51. The van der Waals surface area contributed by atoms with Gasteiger partial charge in [0, 0.05) is 25.7 Å². The first kappa shape index (κ1) is 16.9. The molecular formula is C14H32N2O. The van der Waals surface area contributed by atoms with Crippen LogP contribution in [-0.4, -0.2) is 49.8 Å². The van der Waals surface area contributed by atoms with Crippen LogP contribution in [0.5, 0.6) is 0 Å². The van der Waals surface area contributed by atoms with Gasteiger partial charge in [-0.2, -0.15) is 0 Å². The fraction of sp³-hybridized carbons (Fsp3) is 1.00. The lowest BCUT2D eigenvalue weighted by molar-refractivity contribution is 0.0769. The Labute approximate surface area is 108 Å². The van der Waals surface area contributed by atoms with Gasteiger partial charge < -0.3 is 10.1 Å². The Morgan fingerprint density at radius 3 is 2.29 bits per heavy atom. The minimum atomic E-state index is 0.357. The smallest absolute Gasteiger partial charge is 0.0518 e. The fourth-order valence-electron chi connectivity index (χ4n) is 1.78. The summed E-state index contributed by atoms with van der Waals surface area (Å²) in [5.74, 6) is 0. The van der Waals surface area contributed by atoms with E-state index >= 15 is 0 Å². The van der Waals surface area contributed by atoms with Crippen LogP contribution in [0.1, 0.15) is 47.5 Å². The van der Waals surface area contributed by atoms with Crippen molar-refractivity contribution in [2.24, 2.45) is 0 Å². The van der Waals surface area contributed by atoms with Crippen LogP contribution in [0, 0.1) is 0 Å². The summed E-state index contributed by atoms with van der Waals surface area (Å²) in [6, 6.07) is 0.654. The van der Waals surface area contributed by atoms with Crippen LogP contribution in [0.2, 0.25) is 0 Å². The van der Waals surface area contributed by atoms with Crippen molar-refractivity contribution >= 4 is 0 Å². The molecule has 0 unspecified atom stereocenters. The molecule has 0 fully saturated rings. The molecule has 0 aromatic carbocycles. The average Bonchev–Trinajstić information content (AvgIpc) is 2.25. The summed E-state index contributed by atoms with van der Waals surface area (Å²) in [5, 5.41) is 3.48. The Morgan fingerprint density at radius 1 is 1.06 bits per heavy atom. The number of nitrogens with one attached hydrogen (secondary N) is 1. The summed E-state index contributed by atoms with van der Waals surface area (Å²) in [5.41, 5.74) is 0. The second kappa shape index (κ2) is 11.0. The third kappa shape index (κ3) is 10.7. The number of hydrogen-bond acceptors (Lipinski definition) is 3. The molecule has 0 aliphatic rings. The summed E-state index contributed by atoms with van der Waals surface area (Å²) >= 11 is 0. The van der Waals surface area contributed by atoms with E-state index in [9.17, 15) is 0 Å². The van der Waals surface area contributed by atoms with Crippen molar-refractivity contribution < 1.29 is 4.74 Å². The molecular weight excluding hydrogens is 212 g/mol. The van der Waals surface area contributed by atoms with Crippen LogP contribution in [0.3, 0.4) is 0 Å².